The summed E-state index contributed by atoms with van der Waals surface area (Å²) in [5.41, 5.74) is 0. The second kappa shape index (κ2) is 8.20. The van der Waals surface area contributed by atoms with Crippen LogP contribution in [0.2, 0.25) is 0 Å². The highest BCUT2D eigenvalue weighted by Gasteiger charge is 2.34. The lowest BCUT2D eigenvalue weighted by molar-refractivity contribution is 0.173. The van der Waals surface area contributed by atoms with Crippen molar-refractivity contribution in [3.63, 3.8) is 0 Å². The molecular formula is C17H29IN6O. The highest BCUT2D eigenvalue weighted by molar-refractivity contribution is 14.0. The number of rotatable bonds is 4. The first-order chi connectivity index (χ1) is 11.7. The molecule has 0 spiro atoms. The number of ether oxygens (including phenoxy) is 1. The van der Waals surface area contributed by atoms with Crippen LogP contribution in [0.15, 0.2) is 4.99 Å². The second-order valence-corrected chi connectivity index (χ2v) is 7.40. The van der Waals surface area contributed by atoms with Gasteiger partial charge in [-0.3, -0.25) is 0 Å². The standard InChI is InChI=1S/C17H28N6O.HI/c1-12-20-21-16(22(12)2)9-18-17(19-15-3-4-15)23-7-5-13(10-23)14-6-8-24-11-14;/h13-15H,3-11H2,1-2H3,(H,18,19);1H. The fourth-order valence-electron chi connectivity index (χ4n) is 3.67. The molecule has 2 saturated heterocycles. The van der Waals surface area contributed by atoms with Gasteiger partial charge in [-0.2, -0.15) is 0 Å². The van der Waals surface area contributed by atoms with E-state index in [0.29, 0.717) is 12.6 Å². The lowest BCUT2D eigenvalue weighted by Gasteiger charge is -2.23. The van der Waals surface area contributed by atoms with Crippen LogP contribution in [0.1, 0.15) is 37.3 Å². The van der Waals surface area contributed by atoms with Gasteiger partial charge in [-0.1, -0.05) is 0 Å². The Balaban J connectivity index is 0.00000182. The molecule has 4 rings (SSSR count). The normalized spacial score (nSPS) is 26.8. The maximum atomic E-state index is 5.58. The van der Waals surface area contributed by atoms with Gasteiger partial charge >= 0.3 is 0 Å². The van der Waals surface area contributed by atoms with E-state index in [4.69, 9.17) is 9.73 Å². The number of halogens is 1. The van der Waals surface area contributed by atoms with Crippen LogP contribution < -0.4 is 5.32 Å². The Morgan fingerprint density at radius 2 is 2.08 bits per heavy atom. The third-order valence-electron chi connectivity index (χ3n) is 5.62. The third kappa shape index (κ3) is 4.45. The van der Waals surface area contributed by atoms with E-state index in [-0.39, 0.29) is 24.0 Å². The summed E-state index contributed by atoms with van der Waals surface area (Å²) in [6.45, 7) is 6.63. The van der Waals surface area contributed by atoms with E-state index in [9.17, 15) is 0 Å². The Morgan fingerprint density at radius 3 is 2.72 bits per heavy atom. The molecule has 0 amide bonds. The van der Waals surface area contributed by atoms with Crippen molar-refractivity contribution in [3.8, 4) is 0 Å². The Morgan fingerprint density at radius 1 is 1.24 bits per heavy atom. The molecule has 2 unspecified atom stereocenters. The maximum Gasteiger partial charge on any atom is 0.194 e. The topological polar surface area (TPSA) is 67.6 Å². The molecular weight excluding hydrogens is 431 g/mol. The van der Waals surface area contributed by atoms with Crippen molar-refractivity contribution >= 4 is 29.9 Å². The molecule has 1 saturated carbocycles. The monoisotopic (exact) mass is 460 g/mol. The summed E-state index contributed by atoms with van der Waals surface area (Å²) < 4.78 is 7.59. The summed E-state index contributed by atoms with van der Waals surface area (Å²) in [5.74, 6) is 4.39. The van der Waals surface area contributed by atoms with Crippen LogP contribution in [0, 0.1) is 18.8 Å². The summed E-state index contributed by atoms with van der Waals surface area (Å²) in [5, 5.41) is 12.0. The van der Waals surface area contributed by atoms with E-state index < -0.39 is 0 Å². The van der Waals surface area contributed by atoms with Crippen molar-refractivity contribution in [3.05, 3.63) is 11.6 Å². The minimum absolute atomic E-state index is 0. The number of aryl methyl sites for hydroxylation is 1. The first kappa shape index (κ1) is 18.9. The minimum Gasteiger partial charge on any atom is -0.381 e. The number of hydrogen-bond donors (Lipinski definition) is 1. The highest BCUT2D eigenvalue weighted by Crippen LogP contribution is 2.30. The molecule has 1 aliphatic carbocycles. The molecule has 140 valence electrons. The molecule has 0 bridgehead atoms. The van der Waals surface area contributed by atoms with Crippen LogP contribution in [0.3, 0.4) is 0 Å². The van der Waals surface area contributed by atoms with Gasteiger partial charge < -0.3 is 19.5 Å². The predicted octanol–water partition coefficient (Wildman–Crippen LogP) is 1.71. The van der Waals surface area contributed by atoms with E-state index in [0.717, 1.165) is 55.7 Å². The third-order valence-corrected chi connectivity index (χ3v) is 5.62. The SMILES string of the molecule is Cc1nnc(CN=C(NC2CC2)N2CCC(C3CCOC3)C2)n1C.I. The molecule has 0 aromatic carbocycles. The average molecular weight is 460 g/mol. The fraction of sp³-hybridized carbons (Fsp3) is 0.824. The summed E-state index contributed by atoms with van der Waals surface area (Å²) in [6, 6.07) is 0.610. The Hall–Kier alpha value is -0.900. The number of guanidine groups is 1. The second-order valence-electron chi connectivity index (χ2n) is 7.40. The zero-order chi connectivity index (χ0) is 16.5. The van der Waals surface area contributed by atoms with Gasteiger partial charge in [0.25, 0.3) is 0 Å². The number of aliphatic imine (C=N–C) groups is 1. The molecule has 1 aromatic rings. The highest BCUT2D eigenvalue weighted by atomic mass is 127. The molecule has 2 atom stereocenters. The van der Waals surface area contributed by atoms with Crippen LogP contribution in [0.25, 0.3) is 0 Å². The summed E-state index contributed by atoms with van der Waals surface area (Å²) in [6.07, 6.45) is 4.99. The number of hydrogen-bond acceptors (Lipinski definition) is 4. The zero-order valence-electron chi connectivity index (χ0n) is 15.1. The summed E-state index contributed by atoms with van der Waals surface area (Å²) in [7, 11) is 2.00. The smallest absolute Gasteiger partial charge is 0.194 e. The molecule has 3 aliphatic rings. The molecule has 7 nitrogen and oxygen atoms in total. The van der Waals surface area contributed by atoms with E-state index in [1.54, 1.807) is 0 Å². The Bertz CT molecular complexity index is 608. The Kier molecular flexibility index (Phi) is 6.19. The molecule has 1 aromatic heterocycles. The molecule has 3 fully saturated rings. The molecule has 3 heterocycles. The number of nitrogens with zero attached hydrogens (tertiary/aromatic N) is 5. The van der Waals surface area contributed by atoms with Crippen molar-refractivity contribution in [1.82, 2.24) is 25.0 Å². The molecule has 25 heavy (non-hydrogen) atoms. The Labute approximate surface area is 166 Å². The van der Waals surface area contributed by atoms with Crippen LogP contribution in [-0.2, 0) is 18.3 Å². The molecule has 8 heteroatoms. The fourth-order valence-corrected chi connectivity index (χ4v) is 3.67. The van der Waals surface area contributed by atoms with Crippen LogP contribution in [-0.4, -0.2) is 58.0 Å². The van der Waals surface area contributed by atoms with Crippen molar-refractivity contribution in [2.45, 2.75) is 45.2 Å². The van der Waals surface area contributed by atoms with Gasteiger partial charge in [0, 0.05) is 39.4 Å². The minimum atomic E-state index is 0. The van der Waals surface area contributed by atoms with E-state index >= 15 is 0 Å². The maximum absolute atomic E-state index is 5.58. The quantitative estimate of drug-likeness (QED) is 0.421. The number of aromatic nitrogens is 3. The summed E-state index contributed by atoms with van der Waals surface area (Å²) >= 11 is 0. The number of likely N-dealkylation sites (tertiary alicyclic amines) is 1. The lowest BCUT2D eigenvalue weighted by Crippen LogP contribution is -2.41. The van der Waals surface area contributed by atoms with E-state index in [1.807, 2.05) is 18.5 Å². The van der Waals surface area contributed by atoms with Crippen molar-refractivity contribution < 1.29 is 4.74 Å². The predicted molar refractivity (Wildman–Crippen MR) is 107 cm³/mol. The molecule has 2 aliphatic heterocycles. The first-order valence-electron chi connectivity index (χ1n) is 9.19. The van der Waals surface area contributed by atoms with Crippen LogP contribution >= 0.6 is 24.0 Å². The van der Waals surface area contributed by atoms with Gasteiger partial charge in [-0.05, 0) is 44.4 Å². The van der Waals surface area contributed by atoms with Gasteiger partial charge in [0.05, 0.1) is 0 Å². The average Bonchev–Trinajstić information content (AvgIpc) is 2.99. The van der Waals surface area contributed by atoms with Gasteiger partial charge in [0.1, 0.15) is 12.4 Å². The zero-order valence-corrected chi connectivity index (χ0v) is 17.5. The first-order valence-corrected chi connectivity index (χ1v) is 9.19. The molecule has 0 radical (unpaired) electrons. The van der Waals surface area contributed by atoms with E-state index in [1.165, 1.54) is 25.7 Å². The largest absolute Gasteiger partial charge is 0.381 e. The van der Waals surface area contributed by atoms with Gasteiger partial charge in [0.2, 0.25) is 0 Å². The lowest BCUT2D eigenvalue weighted by atomic mass is 9.91. The molecule has 1 N–H and O–H groups in total. The van der Waals surface area contributed by atoms with Crippen LogP contribution in [0.5, 0.6) is 0 Å². The van der Waals surface area contributed by atoms with Gasteiger partial charge in [-0.15, -0.1) is 34.2 Å². The van der Waals surface area contributed by atoms with Crippen LogP contribution in [0.4, 0.5) is 0 Å². The summed E-state index contributed by atoms with van der Waals surface area (Å²) in [4.78, 5) is 7.30. The number of nitrogens with one attached hydrogen (secondary N) is 1. The van der Waals surface area contributed by atoms with Gasteiger partial charge in [-0.25, -0.2) is 4.99 Å². The van der Waals surface area contributed by atoms with Crippen molar-refractivity contribution in [2.24, 2.45) is 23.9 Å². The van der Waals surface area contributed by atoms with Crippen molar-refractivity contribution in [2.75, 3.05) is 26.3 Å². The van der Waals surface area contributed by atoms with E-state index in [2.05, 4.69) is 20.4 Å². The van der Waals surface area contributed by atoms with Gasteiger partial charge in [0.15, 0.2) is 11.8 Å². The van der Waals surface area contributed by atoms with Crippen molar-refractivity contribution in [1.29, 1.82) is 0 Å².